The summed E-state index contributed by atoms with van der Waals surface area (Å²) in [6, 6.07) is 0. The van der Waals surface area contributed by atoms with E-state index in [1.165, 1.54) is 57.5 Å². The van der Waals surface area contributed by atoms with E-state index in [9.17, 15) is 0 Å². The van der Waals surface area contributed by atoms with Crippen molar-refractivity contribution in [3.05, 3.63) is 0 Å². The summed E-state index contributed by atoms with van der Waals surface area (Å²) in [5, 5.41) is 0. The number of hydrogen-bond donors (Lipinski definition) is 0. The van der Waals surface area contributed by atoms with E-state index >= 15 is 0 Å². The second kappa shape index (κ2) is 11.2. The average molecular weight is 314 g/mol. The summed E-state index contributed by atoms with van der Waals surface area (Å²) in [5.74, 6) is 0. The summed E-state index contributed by atoms with van der Waals surface area (Å²) in [6.45, 7) is 4.65. The molecule has 0 spiro atoms. The van der Waals surface area contributed by atoms with Crippen molar-refractivity contribution in [2.75, 3.05) is 12.8 Å². The molecule has 0 aliphatic carbocycles. The van der Waals surface area contributed by atoms with Crippen LogP contribution in [0.25, 0.3) is 0 Å². The maximum absolute atomic E-state index is 2.59. The highest BCUT2D eigenvalue weighted by molar-refractivity contribution is 14.2. The van der Waals surface area contributed by atoms with Crippen LogP contribution in [-0.4, -0.2) is 12.8 Å². The maximum atomic E-state index is 2.59. The zero-order chi connectivity index (χ0) is 9.94. The topological polar surface area (TPSA) is 0 Å². The first-order chi connectivity index (χ1) is 6.27. The van der Waals surface area contributed by atoms with Crippen LogP contribution >= 0.6 is 27.6 Å². The Morgan fingerprint density at radius 1 is 0.846 bits per heavy atom. The summed E-state index contributed by atoms with van der Waals surface area (Å²) in [7, 11) is 0. The molecule has 0 aliphatic heterocycles. The lowest BCUT2D eigenvalue weighted by Crippen LogP contribution is -1.82. The molecule has 0 rings (SSSR count). The molecule has 2 heteroatoms. The molecule has 0 amide bonds. The number of rotatable bonds is 9. The molecule has 0 bridgehead atoms. The highest BCUT2D eigenvalue weighted by Crippen LogP contribution is 2.41. The van der Waals surface area contributed by atoms with Crippen LogP contribution in [0.15, 0.2) is 0 Å². The van der Waals surface area contributed by atoms with Gasteiger partial charge in [-0.25, -0.2) is 0 Å². The maximum Gasteiger partial charge on any atom is -0.0238 e. The average Bonchev–Trinajstić information content (AvgIpc) is 2.09. The van der Waals surface area contributed by atoms with E-state index in [4.69, 9.17) is 0 Å². The molecule has 1 atom stereocenters. The van der Waals surface area contributed by atoms with Gasteiger partial charge in [-0.3, -0.25) is 0 Å². The van der Waals surface area contributed by atoms with Crippen molar-refractivity contribution in [1.29, 1.82) is 0 Å². The molecule has 13 heavy (non-hydrogen) atoms. The summed E-state index contributed by atoms with van der Waals surface area (Å²) in [5.41, 5.74) is 0.339. The zero-order valence-corrected chi connectivity index (χ0v) is 12.2. The summed E-state index contributed by atoms with van der Waals surface area (Å²) in [4.78, 5) is 0. The number of halogens is 1. The molecule has 0 aromatic carbocycles. The Labute approximate surface area is 98.5 Å². The minimum atomic E-state index is 0.339. The molecule has 0 aliphatic rings. The van der Waals surface area contributed by atoms with E-state index in [0.29, 0.717) is 5.56 Å². The molecule has 0 aromatic heterocycles. The highest BCUT2D eigenvalue weighted by Gasteiger charge is 1.95. The fraction of sp³-hybridized carbons (Fsp3) is 1.00. The van der Waals surface area contributed by atoms with Crippen LogP contribution in [-0.2, 0) is 0 Å². The lowest BCUT2D eigenvalue weighted by molar-refractivity contribution is 0.586. The van der Waals surface area contributed by atoms with Crippen LogP contribution in [0.3, 0.4) is 0 Å². The van der Waals surface area contributed by atoms with Crippen molar-refractivity contribution in [3.8, 4) is 0 Å². The van der Waals surface area contributed by atoms with E-state index in [1.54, 1.807) is 0 Å². The van der Waals surface area contributed by atoms with Crippen LogP contribution in [0.5, 0.6) is 0 Å². The van der Waals surface area contributed by atoms with Gasteiger partial charge in [0.25, 0.3) is 0 Å². The van der Waals surface area contributed by atoms with Gasteiger partial charge >= 0.3 is 0 Å². The van der Waals surface area contributed by atoms with Gasteiger partial charge in [0.2, 0.25) is 0 Å². The van der Waals surface area contributed by atoms with Crippen molar-refractivity contribution in [3.63, 3.8) is 0 Å². The third kappa shape index (κ3) is 13.2. The van der Waals surface area contributed by atoms with Crippen molar-refractivity contribution < 1.29 is 0 Å². The highest BCUT2D eigenvalue weighted by atomic mass is 127. The van der Waals surface area contributed by atoms with Crippen LogP contribution < -0.4 is 0 Å². The smallest absolute Gasteiger partial charge is 0.0238 e. The molecule has 0 nitrogen and oxygen atoms in total. The first-order valence-electron chi connectivity index (χ1n) is 5.64. The Hall–Kier alpha value is 1.16. The Morgan fingerprint density at radius 3 is 1.77 bits per heavy atom. The second-order valence-electron chi connectivity index (χ2n) is 3.80. The van der Waals surface area contributed by atoms with Crippen LogP contribution in [0.2, 0.25) is 0 Å². The van der Waals surface area contributed by atoms with Gasteiger partial charge in [-0.05, 0) is 24.8 Å². The Morgan fingerprint density at radius 2 is 1.31 bits per heavy atom. The summed E-state index contributed by atoms with van der Waals surface area (Å²) in [6.07, 6.45) is 13.1. The predicted molar refractivity (Wildman–Crippen MR) is 74.3 cm³/mol. The number of unbranched alkanes of at least 4 members (excludes halogenated alkanes) is 7. The van der Waals surface area contributed by atoms with Gasteiger partial charge in [-0.15, -0.1) is 0 Å². The van der Waals surface area contributed by atoms with E-state index in [-0.39, 0.29) is 0 Å². The van der Waals surface area contributed by atoms with Gasteiger partial charge < -0.3 is 0 Å². The molecule has 0 heterocycles. The van der Waals surface area contributed by atoms with Crippen LogP contribution in [0, 0.1) is 0 Å². The van der Waals surface area contributed by atoms with E-state index in [2.05, 4.69) is 35.6 Å². The Kier molecular flexibility index (Phi) is 12.2. The lowest BCUT2D eigenvalue weighted by atomic mass is 10.1. The molecule has 0 N–H and O–H groups in total. The van der Waals surface area contributed by atoms with Gasteiger partial charge in [0.1, 0.15) is 0 Å². The van der Waals surface area contributed by atoms with Gasteiger partial charge in [-0.2, -0.15) is 0 Å². The molecular weight excluding hydrogens is 290 g/mol. The zero-order valence-electron chi connectivity index (χ0n) is 9.19. The predicted octanol–water partition coefficient (Wildman–Crippen LogP) is 5.59. The Bertz CT molecular complexity index is 94.1. The molecular formula is C11H24IP. The summed E-state index contributed by atoms with van der Waals surface area (Å²) >= 11 is 2.59. The van der Waals surface area contributed by atoms with Gasteiger partial charge in [0, 0.05) is 0 Å². The van der Waals surface area contributed by atoms with Crippen LogP contribution in [0.4, 0.5) is 0 Å². The third-order valence-corrected chi connectivity index (χ3v) is 4.70. The van der Waals surface area contributed by atoms with Crippen LogP contribution in [0.1, 0.15) is 58.3 Å². The molecule has 1 unspecified atom stereocenters. The van der Waals surface area contributed by atoms with Crippen molar-refractivity contribution in [2.45, 2.75) is 58.3 Å². The van der Waals surface area contributed by atoms with Gasteiger partial charge in [0.05, 0.1) is 0 Å². The second-order valence-corrected chi connectivity index (χ2v) is 10.4. The van der Waals surface area contributed by atoms with E-state index in [0.717, 1.165) is 0 Å². The standard InChI is InChI=1S/C11H24IP/c1-3-4-5-6-7-8-9-10-11-13(2)12/h3-11H2,1-2H3. The molecule has 80 valence electrons. The first kappa shape index (κ1) is 14.2. The minimum Gasteiger partial charge on any atom is -0.0654 e. The molecule has 0 saturated carbocycles. The monoisotopic (exact) mass is 314 g/mol. The quantitative estimate of drug-likeness (QED) is 0.296. The van der Waals surface area contributed by atoms with Crippen molar-refractivity contribution in [1.82, 2.24) is 0 Å². The number of hydrogen-bond acceptors (Lipinski definition) is 0. The molecule has 0 radical (unpaired) electrons. The fourth-order valence-electron chi connectivity index (χ4n) is 1.46. The normalized spacial score (nSPS) is 13.2. The lowest BCUT2D eigenvalue weighted by Gasteiger charge is -2.03. The first-order valence-corrected chi connectivity index (χ1v) is 10.4. The van der Waals surface area contributed by atoms with Gasteiger partial charge in [0.15, 0.2) is 0 Å². The SMILES string of the molecule is CCCCCCCCCCP(C)I. The van der Waals surface area contributed by atoms with E-state index in [1.807, 2.05) is 0 Å². The minimum absolute atomic E-state index is 0.339. The summed E-state index contributed by atoms with van der Waals surface area (Å²) < 4.78 is 0. The third-order valence-electron chi connectivity index (χ3n) is 2.32. The van der Waals surface area contributed by atoms with Crippen molar-refractivity contribution in [2.24, 2.45) is 0 Å². The fourth-order valence-corrected chi connectivity index (χ4v) is 3.15. The largest absolute Gasteiger partial charge is 0.0654 e. The molecule has 0 saturated heterocycles. The molecule has 0 aromatic rings. The van der Waals surface area contributed by atoms with E-state index < -0.39 is 0 Å². The van der Waals surface area contributed by atoms with Crippen molar-refractivity contribution >= 4 is 27.6 Å². The van der Waals surface area contributed by atoms with Gasteiger partial charge in [-0.1, -0.05) is 73.9 Å². The Balaban J connectivity index is 2.84. The molecule has 0 fully saturated rings.